The second-order valence-corrected chi connectivity index (χ2v) is 10.3. The van der Waals surface area contributed by atoms with Crippen molar-refractivity contribution in [2.24, 2.45) is 5.92 Å². The van der Waals surface area contributed by atoms with Gasteiger partial charge in [0.15, 0.2) is 0 Å². The number of benzene rings is 1. The van der Waals surface area contributed by atoms with Crippen molar-refractivity contribution in [3.05, 3.63) is 52.0 Å². The second-order valence-electron chi connectivity index (χ2n) is 9.43. The van der Waals surface area contributed by atoms with Crippen molar-refractivity contribution in [1.29, 1.82) is 0 Å². The number of hydrogen-bond acceptors (Lipinski definition) is 4. The minimum atomic E-state index is -0.406. The number of nitrogens with zero attached hydrogens (tertiary/aromatic N) is 2. The van der Waals surface area contributed by atoms with Crippen LogP contribution in [0.2, 0.25) is 10.0 Å². The predicted molar refractivity (Wildman–Crippen MR) is 130 cm³/mol. The summed E-state index contributed by atoms with van der Waals surface area (Å²) in [6.45, 7) is 7.17. The average Bonchev–Trinajstić information content (AvgIpc) is 3.37. The first-order chi connectivity index (χ1) is 15.3. The Kier molecular flexibility index (Phi) is 9.45. The zero-order valence-electron chi connectivity index (χ0n) is 19.3. The first-order valence-electron chi connectivity index (χ1n) is 11.7. The zero-order valence-corrected chi connectivity index (χ0v) is 20.8. The number of ether oxygens (including phenoxy) is 1. The summed E-state index contributed by atoms with van der Waals surface area (Å²) in [5.74, 6) is 0.473. The van der Waals surface area contributed by atoms with Gasteiger partial charge in [-0.05, 0) is 75.1 Å². The molecule has 2 aromatic rings. The number of aromatic nitrogens is 2. The number of esters is 1. The maximum Gasteiger partial charge on any atom is 0.323 e. The fourth-order valence-corrected chi connectivity index (χ4v) is 4.81. The van der Waals surface area contributed by atoms with E-state index in [-0.39, 0.29) is 18.1 Å². The molecule has 0 bridgehead atoms. The van der Waals surface area contributed by atoms with E-state index in [0.717, 1.165) is 49.8 Å². The Balaban J connectivity index is 1.71. The molecule has 1 heterocycles. The molecule has 2 atom stereocenters. The SMILES string of the molecule is CC(C)CC[C@@H](C)NC(Cc1cncn1Cc1cc(Cl)cc(Cl)c1)C(=O)OC1CCCC1. The van der Waals surface area contributed by atoms with Crippen molar-refractivity contribution in [3.63, 3.8) is 0 Å². The van der Waals surface area contributed by atoms with Crippen molar-refractivity contribution in [3.8, 4) is 0 Å². The summed E-state index contributed by atoms with van der Waals surface area (Å²) in [5.41, 5.74) is 1.96. The van der Waals surface area contributed by atoms with Gasteiger partial charge in [-0.15, -0.1) is 0 Å². The Morgan fingerprint density at radius 1 is 1.16 bits per heavy atom. The number of rotatable bonds is 11. The van der Waals surface area contributed by atoms with Gasteiger partial charge in [-0.3, -0.25) is 4.79 Å². The quantitative estimate of drug-likeness (QED) is 0.398. The molecule has 0 aliphatic heterocycles. The van der Waals surface area contributed by atoms with Gasteiger partial charge in [-0.2, -0.15) is 0 Å². The van der Waals surface area contributed by atoms with Crippen LogP contribution in [-0.4, -0.2) is 33.7 Å². The minimum Gasteiger partial charge on any atom is -0.461 e. The van der Waals surface area contributed by atoms with Crippen LogP contribution in [0.3, 0.4) is 0 Å². The Labute approximate surface area is 201 Å². The number of hydrogen-bond donors (Lipinski definition) is 1. The largest absolute Gasteiger partial charge is 0.461 e. The van der Waals surface area contributed by atoms with Gasteiger partial charge < -0.3 is 14.6 Å². The standard InChI is InChI=1S/C25H35Cl2N3O2/c1-17(2)8-9-18(3)29-24(25(31)32-23-6-4-5-7-23)13-22-14-28-16-30(22)15-19-10-20(26)12-21(27)11-19/h10-12,14,16-18,23-24,29H,4-9,13,15H2,1-3H3/t18-,24?/m1/s1. The third-order valence-corrected chi connectivity index (χ3v) is 6.46. The van der Waals surface area contributed by atoms with Crippen LogP contribution in [0.4, 0.5) is 0 Å². The van der Waals surface area contributed by atoms with Crippen molar-refractivity contribution in [2.75, 3.05) is 0 Å². The summed E-state index contributed by atoms with van der Waals surface area (Å²) in [6.07, 6.45) is 10.5. The van der Waals surface area contributed by atoms with E-state index >= 15 is 0 Å². The monoisotopic (exact) mass is 479 g/mol. The molecule has 176 valence electrons. The zero-order chi connectivity index (χ0) is 23.1. The van der Waals surface area contributed by atoms with E-state index in [2.05, 4.69) is 31.1 Å². The van der Waals surface area contributed by atoms with Gasteiger partial charge in [0.2, 0.25) is 0 Å². The maximum absolute atomic E-state index is 13.1. The number of nitrogens with one attached hydrogen (secondary N) is 1. The molecule has 1 unspecified atom stereocenters. The van der Waals surface area contributed by atoms with Crippen LogP contribution in [0, 0.1) is 5.92 Å². The van der Waals surface area contributed by atoms with Crippen molar-refractivity contribution in [2.45, 2.75) is 90.4 Å². The van der Waals surface area contributed by atoms with E-state index < -0.39 is 6.04 Å². The Hall–Kier alpha value is -1.56. The Morgan fingerprint density at radius 2 is 1.84 bits per heavy atom. The van der Waals surface area contributed by atoms with Crippen LogP contribution in [0.25, 0.3) is 0 Å². The van der Waals surface area contributed by atoms with E-state index in [0.29, 0.717) is 28.9 Å². The van der Waals surface area contributed by atoms with Crippen molar-refractivity contribution in [1.82, 2.24) is 14.9 Å². The highest BCUT2D eigenvalue weighted by Crippen LogP contribution is 2.23. The van der Waals surface area contributed by atoms with Gasteiger partial charge in [0, 0.05) is 40.9 Å². The lowest BCUT2D eigenvalue weighted by Crippen LogP contribution is -2.45. The Bertz CT molecular complexity index is 858. The minimum absolute atomic E-state index is 0.0521. The molecular formula is C25H35Cl2N3O2. The summed E-state index contributed by atoms with van der Waals surface area (Å²) in [7, 11) is 0. The molecule has 3 rings (SSSR count). The first kappa shape index (κ1) is 25.1. The normalized spacial score (nSPS) is 16.4. The lowest BCUT2D eigenvalue weighted by atomic mass is 10.0. The lowest BCUT2D eigenvalue weighted by Gasteiger charge is -2.24. The van der Waals surface area contributed by atoms with E-state index in [4.69, 9.17) is 27.9 Å². The topological polar surface area (TPSA) is 56.2 Å². The highest BCUT2D eigenvalue weighted by Gasteiger charge is 2.28. The molecule has 0 spiro atoms. The number of carbonyl (C=O) groups excluding carboxylic acids is 1. The molecule has 0 radical (unpaired) electrons. The van der Waals surface area contributed by atoms with Crippen LogP contribution >= 0.6 is 23.2 Å². The van der Waals surface area contributed by atoms with Crippen LogP contribution < -0.4 is 5.32 Å². The molecule has 1 aromatic carbocycles. The van der Waals surface area contributed by atoms with Crippen LogP contribution in [0.1, 0.15) is 70.6 Å². The molecule has 0 amide bonds. The summed E-state index contributed by atoms with van der Waals surface area (Å²) >= 11 is 12.3. The summed E-state index contributed by atoms with van der Waals surface area (Å²) in [6, 6.07) is 5.33. The van der Waals surface area contributed by atoms with Crippen LogP contribution in [-0.2, 0) is 22.5 Å². The molecule has 1 N–H and O–H groups in total. The fourth-order valence-electron chi connectivity index (χ4n) is 4.24. The summed E-state index contributed by atoms with van der Waals surface area (Å²) in [5, 5.41) is 4.74. The lowest BCUT2D eigenvalue weighted by molar-refractivity contribution is -0.151. The predicted octanol–water partition coefficient (Wildman–Crippen LogP) is 6.05. The van der Waals surface area contributed by atoms with E-state index in [1.165, 1.54) is 0 Å². The number of carbonyl (C=O) groups is 1. The van der Waals surface area contributed by atoms with Crippen LogP contribution in [0.5, 0.6) is 0 Å². The fraction of sp³-hybridized carbons (Fsp3) is 0.600. The first-order valence-corrected chi connectivity index (χ1v) is 12.5. The molecule has 5 nitrogen and oxygen atoms in total. The second kappa shape index (κ2) is 12.1. The molecule has 1 fully saturated rings. The number of imidazole rings is 1. The van der Waals surface area contributed by atoms with E-state index in [1.54, 1.807) is 12.4 Å². The molecule has 1 aliphatic rings. The number of halogens is 2. The van der Waals surface area contributed by atoms with Gasteiger partial charge in [0.1, 0.15) is 12.1 Å². The van der Waals surface area contributed by atoms with E-state index in [1.807, 2.05) is 22.9 Å². The van der Waals surface area contributed by atoms with E-state index in [9.17, 15) is 4.79 Å². The molecule has 1 aromatic heterocycles. The molecule has 7 heteroatoms. The molecule has 1 saturated carbocycles. The summed E-state index contributed by atoms with van der Waals surface area (Å²) < 4.78 is 7.91. The average molecular weight is 480 g/mol. The molecular weight excluding hydrogens is 445 g/mol. The molecule has 1 aliphatic carbocycles. The summed E-state index contributed by atoms with van der Waals surface area (Å²) in [4.78, 5) is 17.4. The van der Waals surface area contributed by atoms with Gasteiger partial charge >= 0.3 is 5.97 Å². The van der Waals surface area contributed by atoms with Gasteiger partial charge in [-0.25, -0.2) is 4.98 Å². The van der Waals surface area contributed by atoms with Crippen LogP contribution in [0.15, 0.2) is 30.7 Å². The highest BCUT2D eigenvalue weighted by molar-refractivity contribution is 6.34. The third-order valence-electron chi connectivity index (χ3n) is 6.02. The van der Waals surface area contributed by atoms with Gasteiger partial charge in [0.05, 0.1) is 6.33 Å². The van der Waals surface area contributed by atoms with Gasteiger partial charge in [-0.1, -0.05) is 37.0 Å². The van der Waals surface area contributed by atoms with Crippen molar-refractivity contribution < 1.29 is 9.53 Å². The highest BCUT2D eigenvalue weighted by atomic mass is 35.5. The smallest absolute Gasteiger partial charge is 0.323 e. The third kappa shape index (κ3) is 7.79. The molecule has 0 saturated heterocycles. The Morgan fingerprint density at radius 3 is 2.50 bits per heavy atom. The maximum atomic E-state index is 13.1. The van der Waals surface area contributed by atoms with Gasteiger partial charge in [0.25, 0.3) is 0 Å². The molecule has 32 heavy (non-hydrogen) atoms. The van der Waals surface area contributed by atoms with Crippen molar-refractivity contribution >= 4 is 29.2 Å².